The first-order valence-corrected chi connectivity index (χ1v) is 12.1. The second kappa shape index (κ2) is 9.19. The van der Waals surface area contributed by atoms with Crippen LogP contribution >= 0.6 is 0 Å². The number of anilines is 4. The maximum absolute atomic E-state index is 5.75. The normalized spacial score (nSPS) is 22.1. The summed E-state index contributed by atoms with van der Waals surface area (Å²) in [6.45, 7) is 7.40. The minimum absolute atomic E-state index is 0.389. The third-order valence-electron chi connectivity index (χ3n) is 6.91. The van der Waals surface area contributed by atoms with Gasteiger partial charge in [0.1, 0.15) is 5.82 Å². The number of morpholine rings is 1. The molecule has 3 aliphatic heterocycles. The van der Waals surface area contributed by atoms with Gasteiger partial charge < -0.3 is 24.6 Å². The minimum Gasteiger partial charge on any atom is -0.380 e. The van der Waals surface area contributed by atoms with E-state index in [4.69, 9.17) is 14.5 Å². The summed E-state index contributed by atoms with van der Waals surface area (Å²) < 4.78 is 11.3. The molecule has 3 saturated heterocycles. The first-order chi connectivity index (χ1) is 16.7. The number of nitrogens with one attached hydrogen (secondary N) is 1. The number of hydrogen-bond acceptors (Lipinski definition) is 8. The third-order valence-corrected chi connectivity index (χ3v) is 6.91. The third kappa shape index (κ3) is 4.31. The van der Waals surface area contributed by atoms with Crippen LogP contribution in [0.2, 0.25) is 0 Å². The van der Waals surface area contributed by atoms with Gasteiger partial charge in [-0.2, -0.15) is 0 Å². The molecule has 0 unspecified atom stereocenters. The molecule has 176 valence electrons. The Balaban J connectivity index is 1.16. The highest BCUT2D eigenvalue weighted by Crippen LogP contribution is 2.35. The van der Waals surface area contributed by atoms with Crippen LogP contribution < -0.4 is 15.1 Å². The summed E-state index contributed by atoms with van der Waals surface area (Å²) in [6, 6.07) is 13.0. The fraction of sp³-hybridized carbons (Fsp3) is 0.423. The van der Waals surface area contributed by atoms with Crippen molar-refractivity contribution in [2.45, 2.75) is 31.9 Å². The summed E-state index contributed by atoms with van der Waals surface area (Å²) in [5.74, 6) is 1.56. The summed E-state index contributed by atoms with van der Waals surface area (Å²) in [5, 5.41) is 3.37. The molecule has 0 radical (unpaired) electrons. The molecular formula is C26H30N6O2. The summed E-state index contributed by atoms with van der Waals surface area (Å²) in [7, 11) is 0. The molecule has 0 saturated carbocycles. The molecule has 0 amide bonds. The predicted octanol–water partition coefficient (Wildman–Crippen LogP) is 3.79. The number of rotatable bonds is 5. The monoisotopic (exact) mass is 458 g/mol. The second-order valence-electron chi connectivity index (χ2n) is 9.25. The molecule has 8 nitrogen and oxygen atoms in total. The molecular weight excluding hydrogens is 428 g/mol. The van der Waals surface area contributed by atoms with Gasteiger partial charge in [0.15, 0.2) is 0 Å². The van der Waals surface area contributed by atoms with Gasteiger partial charge in [-0.05, 0) is 61.7 Å². The van der Waals surface area contributed by atoms with Crippen molar-refractivity contribution in [3.63, 3.8) is 0 Å². The van der Waals surface area contributed by atoms with E-state index in [0.717, 1.165) is 75.1 Å². The van der Waals surface area contributed by atoms with Gasteiger partial charge in [0.25, 0.3) is 0 Å². The standard InChI is InChI=1S/C26H30N6O2/c1-18-13-20(4-5-24(18)32-16-22-14-21(32)17-34-22)29-26-27-8-7-23(30-26)19-3-6-25(28-15-19)31-9-2-11-33-12-10-31/h3-8,13,15,21-22H,2,9-12,14,16-17H2,1H3,(H,27,29,30)/t21-,22-/m0/s1. The van der Waals surface area contributed by atoms with Crippen molar-refractivity contribution < 1.29 is 9.47 Å². The van der Waals surface area contributed by atoms with Gasteiger partial charge in [-0.1, -0.05) is 0 Å². The Morgan fingerprint density at radius 1 is 1.06 bits per heavy atom. The molecule has 2 bridgehead atoms. The average molecular weight is 459 g/mol. The molecule has 3 aliphatic rings. The molecule has 1 aromatic carbocycles. The van der Waals surface area contributed by atoms with Crippen molar-refractivity contribution in [1.29, 1.82) is 0 Å². The van der Waals surface area contributed by atoms with Gasteiger partial charge in [-0.3, -0.25) is 0 Å². The fourth-order valence-electron chi connectivity index (χ4n) is 5.16. The quantitative estimate of drug-likeness (QED) is 0.619. The van der Waals surface area contributed by atoms with Crippen LogP contribution in [0.25, 0.3) is 11.3 Å². The second-order valence-corrected chi connectivity index (χ2v) is 9.25. The van der Waals surface area contributed by atoms with E-state index in [-0.39, 0.29) is 0 Å². The van der Waals surface area contributed by atoms with Crippen molar-refractivity contribution in [3.05, 3.63) is 54.4 Å². The number of benzene rings is 1. The Kier molecular flexibility index (Phi) is 5.76. The van der Waals surface area contributed by atoms with E-state index < -0.39 is 0 Å². The number of hydrogen-bond donors (Lipinski definition) is 1. The first kappa shape index (κ1) is 21.3. The van der Waals surface area contributed by atoms with Crippen LogP contribution in [0.3, 0.4) is 0 Å². The van der Waals surface area contributed by atoms with E-state index in [1.165, 1.54) is 11.3 Å². The predicted molar refractivity (Wildman–Crippen MR) is 133 cm³/mol. The highest BCUT2D eigenvalue weighted by molar-refractivity contribution is 5.66. The first-order valence-electron chi connectivity index (χ1n) is 12.1. The van der Waals surface area contributed by atoms with Gasteiger partial charge in [0.2, 0.25) is 5.95 Å². The summed E-state index contributed by atoms with van der Waals surface area (Å²) in [6.07, 6.45) is 6.23. The zero-order valence-corrected chi connectivity index (χ0v) is 19.5. The molecule has 6 rings (SSSR count). The Labute approximate surface area is 199 Å². The van der Waals surface area contributed by atoms with Crippen molar-refractivity contribution in [2.75, 3.05) is 54.6 Å². The van der Waals surface area contributed by atoms with Crippen LogP contribution in [-0.4, -0.2) is 66.6 Å². The molecule has 5 heterocycles. The van der Waals surface area contributed by atoms with Crippen LogP contribution in [0.15, 0.2) is 48.8 Å². The fourth-order valence-corrected chi connectivity index (χ4v) is 5.16. The topological polar surface area (TPSA) is 75.6 Å². The Hall–Kier alpha value is -3.23. The lowest BCUT2D eigenvalue weighted by Crippen LogP contribution is -2.37. The number of pyridine rings is 1. The Bertz CT molecular complexity index is 1150. The molecule has 1 N–H and O–H groups in total. The summed E-state index contributed by atoms with van der Waals surface area (Å²) >= 11 is 0. The van der Waals surface area contributed by atoms with Crippen molar-refractivity contribution in [1.82, 2.24) is 15.0 Å². The number of ether oxygens (including phenoxy) is 2. The van der Waals surface area contributed by atoms with Crippen LogP contribution in [0, 0.1) is 6.92 Å². The lowest BCUT2D eigenvalue weighted by atomic mass is 10.1. The van der Waals surface area contributed by atoms with Crippen LogP contribution in [-0.2, 0) is 9.47 Å². The highest BCUT2D eigenvalue weighted by atomic mass is 16.5. The Morgan fingerprint density at radius 2 is 2.03 bits per heavy atom. The SMILES string of the molecule is Cc1cc(Nc2nccc(-c3ccc(N4CCCOCC4)nc3)n2)ccc1N1C[C@@H]2C[C@H]1CO2. The van der Waals surface area contributed by atoms with Crippen molar-refractivity contribution >= 4 is 23.1 Å². The van der Waals surface area contributed by atoms with Gasteiger partial charge in [0, 0.05) is 55.6 Å². The van der Waals surface area contributed by atoms with E-state index in [2.05, 4.69) is 62.3 Å². The molecule has 0 spiro atoms. The Morgan fingerprint density at radius 3 is 2.82 bits per heavy atom. The van der Waals surface area contributed by atoms with Crippen LogP contribution in [0.5, 0.6) is 0 Å². The molecule has 3 aromatic rings. The highest BCUT2D eigenvalue weighted by Gasteiger charge is 2.39. The molecule has 2 atom stereocenters. The van der Waals surface area contributed by atoms with E-state index in [1.54, 1.807) is 6.20 Å². The molecule has 2 aromatic heterocycles. The largest absolute Gasteiger partial charge is 0.380 e. The van der Waals surface area contributed by atoms with Crippen molar-refractivity contribution in [3.8, 4) is 11.3 Å². The van der Waals surface area contributed by atoms with E-state index in [9.17, 15) is 0 Å². The molecule has 3 fully saturated rings. The van der Waals surface area contributed by atoms with E-state index in [0.29, 0.717) is 18.1 Å². The molecule has 34 heavy (non-hydrogen) atoms. The maximum atomic E-state index is 5.75. The van der Waals surface area contributed by atoms with E-state index >= 15 is 0 Å². The van der Waals surface area contributed by atoms with Crippen LogP contribution in [0.1, 0.15) is 18.4 Å². The van der Waals surface area contributed by atoms with Gasteiger partial charge >= 0.3 is 0 Å². The number of aromatic nitrogens is 3. The lowest BCUT2D eigenvalue weighted by Gasteiger charge is -2.30. The van der Waals surface area contributed by atoms with Gasteiger partial charge in [-0.15, -0.1) is 0 Å². The van der Waals surface area contributed by atoms with E-state index in [1.807, 2.05) is 12.3 Å². The smallest absolute Gasteiger partial charge is 0.227 e. The minimum atomic E-state index is 0.389. The zero-order chi connectivity index (χ0) is 22.9. The summed E-state index contributed by atoms with van der Waals surface area (Å²) in [4.78, 5) is 18.6. The number of fused-ring (bicyclic) bond motifs is 2. The molecule has 0 aliphatic carbocycles. The maximum Gasteiger partial charge on any atom is 0.227 e. The summed E-state index contributed by atoms with van der Waals surface area (Å²) in [5.41, 5.74) is 5.33. The molecule has 8 heteroatoms. The van der Waals surface area contributed by atoms with Crippen molar-refractivity contribution in [2.24, 2.45) is 0 Å². The number of aryl methyl sites for hydroxylation is 1. The van der Waals surface area contributed by atoms with Gasteiger partial charge in [-0.25, -0.2) is 15.0 Å². The van der Waals surface area contributed by atoms with Gasteiger partial charge in [0.05, 0.1) is 31.1 Å². The average Bonchev–Trinajstić information content (AvgIpc) is 3.39. The lowest BCUT2D eigenvalue weighted by molar-refractivity contribution is 0.0991. The van der Waals surface area contributed by atoms with Crippen LogP contribution in [0.4, 0.5) is 23.1 Å². The zero-order valence-electron chi connectivity index (χ0n) is 19.5. The number of nitrogens with zero attached hydrogens (tertiary/aromatic N) is 5.